The van der Waals surface area contributed by atoms with Gasteiger partial charge in [-0.05, 0) is 43.2 Å². The van der Waals surface area contributed by atoms with E-state index >= 15 is 0 Å². The molecular formula is C15H20O3S. The molecule has 19 heavy (non-hydrogen) atoms. The lowest BCUT2D eigenvalue weighted by atomic mass is 9.82. The molecule has 3 rings (SSSR count). The highest BCUT2D eigenvalue weighted by Gasteiger charge is 2.53. The van der Waals surface area contributed by atoms with Crippen molar-refractivity contribution in [2.45, 2.75) is 55.1 Å². The molecule has 2 atom stereocenters. The first-order valence-electron chi connectivity index (χ1n) is 7.01. The zero-order chi connectivity index (χ0) is 13.7. The summed E-state index contributed by atoms with van der Waals surface area (Å²) in [7, 11) is -2.99. The lowest BCUT2D eigenvalue weighted by molar-refractivity contribution is 0.0165. The van der Waals surface area contributed by atoms with E-state index < -0.39 is 15.4 Å². The fraction of sp³-hybridized carbons (Fsp3) is 0.600. The second-order valence-corrected chi connectivity index (χ2v) is 8.37. The van der Waals surface area contributed by atoms with Crippen LogP contribution in [0.25, 0.3) is 0 Å². The van der Waals surface area contributed by atoms with E-state index in [0.717, 1.165) is 17.5 Å². The molecule has 2 fully saturated rings. The van der Waals surface area contributed by atoms with Gasteiger partial charge in [0.05, 0.1) is 16.1 Å². The summed E-state index contributed by atoms with van der Waals surface area (Å²) in [6.45, 7) is 2.07. The summed E-state index contributed by atoms with van der Waals surface area (Å²) >= 11 is 0. The fourth-order valence-corrected chi connectivity index (χ4v) is 6.24. The number of benzene rings is 1. The van der Waals surface area contributed by atoms with Crippen LogP contribution >= 0.6 is 0 Å². The molecule has 2 aliphatic rings. The molecule has 104 valence electrons. The van der Waals surface area contributed by atoms with Crippen molar-refractivity contribution >= 4 is 9.84 Å². The average Bonchev–Trinajstić information content (AvgIpc) is 2.57. The molecule has 2 bridgehead atoms. The van der Waals surface area contributed by atoms with Gasteiger partial charge in [0, 0.05) is 0 Å². The molecule has 4 heteroatoms. The summed E-state index contributed by atoms with van der Waals surface area (Å²) in [5.74, 6) is 0. The number of hydrogen-bond donors (Lipinski definition) is 1. The van der Waals surface area contributed by atoms with Crippen LogP contribution in [-0.2, 0) is 21.9 Å². The lowest BCUT2D eigenvalue weighted by Gasteiger charge is -2.37. The van der Waals surface area contributed by atoms with Crippen LogP contribution in [0.5, 0.6) is 0 Å². The van der Waals surface area contributed by atoms with Crippen LogP contribution in [0.4, 0.5) is 0 Å². The van der Waals surface area contributed by atoms with Crippen LogP contribution in [0.2, 0.25) is 0 Å². The minimum Gasteiger partial charge on any atom is -0.385 e. The number of rotatable bonds is 2. The number of fused-ring (bicyclic) bond motifs is 2. The molecule has 0 radical (unpaired) electrons. The zero-order valence-electron chi connectivity index (χ0n) is 11.2. The van der Waals surface area contributed by atoms with Gasteiger partial charge < -0.3 is 5.11 Å². The first-order valence-corrected chi connectivity index (χ1v) is 8.62. The monoisotopic (exact) mass is 280 g/mol. The van der Waals surface area contributed by atoms with Gasteiger partial charge in [0.15, 0.2) is 9.84 Å². The van der Waals surface area contributed by atoms with Crippen LogP contribution < -0.4 is 0 Å². The average molecular weight is 280 g/mol. The van der Waals surface area contributed by atoms with Crippen molar-refractivity contribution in [3.05, 3.63) is 35.4 Å². The van der Waals surface area contributed by atoms with Crippen LogP contribution in [-0.4, -0.2) is 24.0 Å². The molecule has 0 aliphatic carbocycles. The van der Waals surface area contributed by atoms with Crippen LogP contribution in [0.1, 0.15) is 43.7 Å². The highest BCUT2D eigenvalue weighted by Crippen LogP contribution is 2.48. The Morgan fingerprint density at radius 3 is 2.37 bits per heavy atom. The van der Waals surface area contributed by atoms with E-state index in [-0.39, 0.29) is 10.5 Å². The number of aryl methyl sites for hydroxylation is 1. The Bertz CT molecular complexity index is 571. The third-order valence-corrected chi connectivity index (χ3v) is 7.43. The lowest BCUT2D eigenvalue weighted by Crippen LogP contribution is -2.43. The van der Waals surface area contributed by atoms with E-state index in [1.165, 1.54) is 0 Å². The molecule has 2 saturated heterocycles. The van der Waals surface area contributed by atoms with Gasteiger partial charge >= 0.3 is 0 Å². The Hall–Kier alpha value is -0.870. The van der Waals surface area contributed by atoms with E-state index in [4.69, 9.17) is 0 Å². The van der Waals surface area contributed by atoms with Gasteiger partial charge in [0.25, 0.3) is 0 Å². The van der Waals surface area contributed by atoms with Crippen LogP contribution in [0, 0.1) is 0 Å². The second-order valence-electron chi connectivity index (χ2n) is 5.86. The quantitative estimate of drug-likeness (QED) is 0.903. The predicted molar refractivity (Wildman–Crippen MR) is 74.7 cm³/mol. The summed E-state index contributed by atoms with van der Waals surface area (Å²) in [6.07, 6.45) is 3.01. The number of hydrogen-bond acceptors (Lipinski definition) is 3. The van der Waals surface area contributed by atoms with Crippen molar-refractivity contribution in [1.29, 1.82) is 0 Å². The Kier molecular flexibility index (Phi) is 2.98. The first-order chi connectivity index (χ1) is 8.97. The summed E-state index contributed by atoms with van der Waals surface area (Å²) in [6, 6.07) is 7.88. The maximum Gasteiger partial charge on any atom is 0.156 e. The zero-order valence-corrected chi connectivity index (χ0v) is 12.0. The van der Waals surface area contributed by atoms with E-state index in [1.807, 2.05) is 24.3 Å². The van der Waals surface area contributed by atoms with Gasteiger partial charge in [-0.1, -0.05) is 31.2 Å². The highest BCUT2D eigenvalue weighted by molar-refractivity contribution is 7.93. The smallest absolute Gasteiger partial charge is 0.156 e. The molecule has 3 nitrogen and oxygen atoms in total. The van der Waals surface area contributed by atoms with Gasteiger partial charge in [0.1, 0.15) is 0 Å². The molecule has 0 spiro atoms. The topological polar surface area (TPSA) is 54.4 Å². The van der Waals surface area contributed by atoms with Crippen LogP contribution in [0.3, 0.4) is 0 Å². The van der Waals surface area contributed by atoms with Crippen molar-refractivity contribution in [2.75, 3.05) is 0 Å². The Balaban J connectivity index is 2.02. The summed E-state index contributed by atoms with van der Waals surface area (Å²) < 4.78 is 24.3. The summed E-state index contributed by atoms with van der Waals surface area (Å²) in [5, 5.41) is 10.3. The molecule has 0 aromatic heterocycles. The minimum atomic E-state index is -2.99. The highest BCUT2D eigenvalue weighted by atomic mass is 32.2. The van der Waals surface area contributed by atoms with E-state index in [1.54, 1.807) is 0 Å². The van der Waals surface area contributed by atoms with Gasteiger partial charge in [-0.25, -0.2) is 8.42 Å². The Morgan fingerprint density at radius 2 is 1.79 bits per heavy atom. The van der Waals surface area contributed by atoms with E-state index in [2.05, 4.69) is 6.92 Å². The summed E-state index contributed by atoms with van der Waals surface area (Å²) in [4.78, 5) is 0. The maximum absolute atomic E-state index is 12.1. The SMILES string of the molecule is CCc1ccccc1C1(O)CC2CCC(C1)S2(=O)=O. The normalized spacial score (nSPS) is 36.3. The van der Waals surface area contributed by atoms with Gasteiger partial charge in [-0.15, -0.1) is 0 Å². The minimum absolute atomic E-state index is 0.346. The van der Waals surface area contributed by atoms with Gasteiger partial charge in [-0.3, -0.25) is 0 Å². The van der Waals surface area contributed by atoms with Gasteiger partial charge in [-0.2, -0.15) is 0 Å². The number of aliphatic hydroxyl groups is 1. The third-order valence-electron chi connectivity index (χ3n) is 4.77. The predicted octanol–water partition coefficient (Wildman–Crippen LogP) is 2.18. The fourth-order valence-electron chi connectivity index (χ4n) is 3.75. The molecule has 1 aromatic rings. The van der Waals surface area contributed by atoms with Gasteiger partial charge in [0.2, 0.25) is 0 Å². The molecule has 2 aliphatic heterocycles. The first kappa shape index (κ1) is 13.1. The molecule has 1 aromatic carbocycles. The van der Waals surface area contributed by atoms with E-state index in [9.17, 15) is 13.5 Å². The molecule has 2 unspecified atom stereocenters. The molecule has 0 saturated carbocycles. The van der Waals surface area contributed by atoms with Crippen molar-refractivity contribution in [3.8, 4) is 0 Å². The van der Waals surface area contributed by atoms with Crippen LogP contribution in [0.15, 0.2) is 24.3 Å². The molecule has 2 heterocycles. The van der Waals surface area contributed by atoms with Crippen molar-refractivity contribution < 1.29 is 13.5 Å². The largest absolute Gasteiger partial charge is 0.385 e. The van der Waals surface area contributed by atoms with Crippen molar-refractivity contribution in [2.24, 2.45) is 0 Å². The molecule has 0 amide bonds. The Morgan fingerprint density at radius 1 is 1.21 bits per heavy atom. The van der Waals surface area contributed by atoms with Crippen molar-refractivity contribution in [3.63, 3.8) is 0 Å². The summed E-state index contributed by atoms with van der Waals surface area (Å²) in [5.41, 5.74) is 1.11. The standard InChI is InChI=1S/C15H20O3S/c1-2-11-5-3-4-6-14(11)15(16)9-12-7-8-13(10-15)19(12,17)18/h3-6,12-13,16H,2,7-10H2,1H3. The maximum atomic E-state index is 12.1. The molecular weight excluding hydrogens is 260 g/mol. The Labute approximate surface area is 114 Å². The second kappa shape index (κ2) is 4.32. The number of sulfone groups is 1. The van der Waals surface area contributed by atoms with E-state index in [0.29, 0.717) is 25.7 Å². The molecule has 1 N–H and O–H groups in total. The third kappa shape index (κ3) is 1.93. The van der Waals surface area contributed by atoms with Crippen molar-refractivity contribution in [1.82, 2.24) is 0 Å².